The maximum Gasteiger partial charge on any atom is 0.255 e. The third-order valence-corrected chi connectivity index (χ3v) is 3.66. The highest BCUT2D eigenvalue weighted by atomic mass is 16.1. The van der Waals surface area contributed by atoms with Crippen LogP contribution in [-0.2, 0) is 7.05 Å². The lowest BCUT2D eigenvalue weighted by Crippen LogP contribution is -2.12. The minimum absolute atomic E-state index is 0.257. The van der Waals surface area contributed by atoms with E-state index < -0.39 is 0 Å². The lowest BCUT2D eigenvalue weighted by atomic mass is 10.1. The third kappa shape index (κ3) is 2.31. The second kappa shape index (κ2) is 5.34. The number of amides is 1. The van der Waals surface area contributed by atoms with Crippen molar-refractivity contribution in [3.05, 3.63) is 59.4 Å². The van der Waals surface area contributed by atoms with Gasteiger partial charge in [-0.15, -0.1) is 0 Å². The topological polar surface area (TPSA) is 70.7 Å². The van der Waals surface area contributed by atoms with E-state index in [0.717, 1.165) is 16.9 Å². The van der Waals surface area contributed by atoms with Gasteiger partial charge < -0.3 is 9.88 Å². The Bertz CT molecular complexity index is 918. The molecule has 0 saturated heterocycles. The molecule has 0 aliphatic carbocycles. The molecule has 2 aromatic carbocycles. The number of para-hydroxylation sites is 1. The molecule has 0 spiro atoms. The number of imidazole rings is 1. The summed E-state index contributed by atoms with van der Waals surface area (Å²) >= 11 is 0. The molecule has 3 rings (SSSR count). The first kappa shape index (κ1) is 13.8. The number of anilines is 1. The van der Waals surface area contributed by atoms with Crippen LogP contribution in [0.4, 0.5) is 5.69 Å². The summed E-state index contributed by atoms with van der Waals surface area (Å²) in [6.45, 7) is 1.92. The van der Waals surface area contributed by atoms with Gasteiger partial charge in [-0.25, -0.2) is 4.98 Å². The predicted molar refractivity (Wildman–Crippen MR) is 84.6 cm³/mol. The normalized spacial score (nSPS) is 10.4. The van der Waals surface area contributed by atoms with Gasteiger partial charge >= 0.3 is 0 Å². The van der Waals surface area contributed by atoms with Gasteiger partial charge in [0.2, 0.25) is 0 Å². The zero-order valence-corrected chi connectivity index (χ0v) is 12.3. The number of carbonyl (C=O) groups is 1. The Labute approximate surface area is 127 Å². The monoisotopic (exact) mass is 290 g/mol. The van der Waals surface area contributed by atoms with Crippen LogP contribution in [0.15, 0.2) is 42.5 Å². The molecular weight excluding hydrogens is 276 g/mol. The van der Waals surface area contributed by atoms with Gasteiger partial charge in [-0.2, -0.15) is 5.26 Å². The maximum atomic E-state index is 12.4. The molecule has 0 radical (unpaired) electrons. The van der Waals surface area contributed by atoms with Gasteiger partial charge in [-0.3, -0.25) is 4.79 Å². The summed E-state index contributed by atoms with van der Waals surface area (Å²) in [6, 6.07) is 14.4. The van der Waals surface area contributed by atoms with Crippen molar-refractivity contribution >= 4 is 22.6 Å². The Morgan fingerprint density at radius 1 is 1.27 bits per heavy atom. The van der Waals surface area contributed by atoms with Crippen LogP contribution in [0.3, 0.4) is 0 Å². The number of fused-ring (bicyclic) bond motifs is 1. The van der Waals surface area contributed by atoms with Crippen LogP contribution in [-0.4, -0.2) is 15.5 Å². The molecule has 0 atom stereocenters. The summed E-state index contributed by atoms with van der Waals surface area (Å²) in [4.78, 5) is 16.8. The van der Waals surface area contributed by atoms with Crippen molar-refractivity contribution in [2.24, 2.45) is 7.05 Å². The summed E-state index contributed by atoms with van der Waals surface area (Å²) in [5, 5.41) is 11.8. The van der Waals surface area contributed by atoms with E-state index in [9.17, 15) is 4.79 Å². The summed E-state index contributed by atoms with van der Waals surface area (Å²) < 4.78 is 1.97. The predicted octanol–water partition coefficient (Wildman–Crippen LogP) is 3.01. The fraction of sp³-hybridized carbons (Fsp3) is 0.118. The van der Waals surface area contributed by atoms with Crippen LogP contribution in [0, 0.1) is 18.3 Å². The van der Waals surface area contributed by atoms with Gasteiger partial charge in [0, 0.05) is 12.6 Å². The van der Waals surface area contributed by atoms with E-state index in [0.29, 0.717) is 16.8 Å². The summed E-state index contributed by atoms with van der Waals surface area (Å²) in [5.41, 5.74) is 3.21. The number of carbonyl (C=O) groups excluding carboxylic acids is 1. The van der Waals surface area contributed by atoms with E-state index >= 15 is 0 Å². The lowest BCUT2D eigenvalue weighted by molar-refractivity contribution is 0.102. The minimum Gasteiger partial charge on any atom is -0.331 e. The fourth-order valence-electron chi connectivity index (χ4n) is 2.35. The molecule has 1 heterocycles. The smallest absolute Gasteiger partial charge is 0.255 e. The zero-order chi connectivity index (χ0) is 15.7. The van der Waals surface area contributed by atoms with Gasteiger partial charge in [-0.1, -0.05) is 12.1 Å². The first-order chi connectivity index (χ1) is 10.6. The quantitative estimate of drug-likeness (QED) is 0.788. The van der Waals surface area contributed by atoms with E-state index in [1.165, 1.54) is 0 Å². The van der Waals surface area contributed by atoms with Crippen molar-refractivity contribution in [3.63, 3.8) is 0 Å². The average Bonchev–Trinajstić information content (AvgIpc) is 2.82. The molecule has 22 heavy (non-hydrogen) atoms. The molecule has 0 fully saturated rings. The van der Waals surface area contributed by atoms with Gasteiger partial charge in [-0.05, 0) is 37.3 Å². The highest BCUT2D eigenvalue weighted by Crippen LogP contribution is 2.19. The molecule has 5 heteroatoms. The fourth-order valence-corrected chi connectivity index (χ4v) is 2.35. The molecular formula is C17H14N4O. The van der Waals surface area contributed by atoms with Crippen molar-refractivity contribution in [3.8, 4) is 6.07 Å². The largest absolute Gasteiger partial charge is 0.331 e. The molecule has 1 amide bonds. The lowest BCUT2D eigenvalue weighted by Gasteiger charge is -2.07. The third-order valence-electron chi connectivity index (χ3n) is 3.66. The second-order valence-electron chi connectivity index (χ2n) is 5.03. The Balaban J connectivity index is 1.94. The second-order valence-corrected chi connectivity index (χ2v) is 5.03. The van der Waals surface area contributed by atoms with Crippen molar-refractivity contribution in [1.82, 2.24) is 9.55 Å². The van der Waals surface area contributed by atoms with E-state index in [2.05, 4.69) is 16.4 Å². The van der Waals surface area contributed by atoms with Gasteiger partial charge in [0.25, 0.3) is 5.91 Å². The minimum atomic E-state index is -0.257. The summed E-state index contributed by atoms with van der Waals surface area (Å²) in [6.07, 6.45) is 0. The highest BCUT2D eigenvalue weighted by molar-refractivity contribution is 6.06. The first-order valence-corrected chi connectivity index (χ1v) is 6.83. The van der Waals surface area contributed by atoms with Gasteiger partial charge in [0.1, 0.15) is 11.9 Å². The molecule has 0 aliphatic heterocycles. The Kier molecular flexibility index (Phi) is 3.36. The number of rotatable bonds is 2. The molecule has 108 valence electrons. The Morgan fingerprint density at radius 3 is 2.82 bits per heavy atom. The first-order valence-electron chi connectivity index (χ1n) is 6.83. The van der Waals surface area contributed by atoms with Crippen LogP contribution in [0.5, 0.6) is 0 Å². The SMILES string of the molecule is Cc1nc2cc(C(=O)Nc3ccccc3C#N)ccc2n1C. The zero-order valence-electron chi connectivity index (χ0n) is 12.3. The number of aromatic nitrogens is 2. The molecule has 1 N–H and O–H groups in total. The number of hydrogen-bond acceptors (Lipinski definition) is 3. The van der Waals surface area contributed by atoms with Crippen LogP contribution in [0.25, 0.3) is 11.0 Å². The highest BCUT2D eigenvalue weighted by Gasteiger charge is 2.11. The van der Waals surface area contributed by atoms with Crippen molar-refractivity contribution in [2.45, 2.75) is 6.92 Å². The number of nitriles is 1. The van der Waals surface area contributed by atoms with Crippen molar-refractivity contribution < 1.29 is 4.79 Å². The molecule has 0 bridgehead atoms. The van der Waals surface area contributed by atoms with E-state index in [1.54, 1.807) is 36.4 Å². The number of hydrogen-bond donors (Lipinski definition) is 1. The molecule has 0 aliphatic rings. The molecule has 5 nitrogen and oxygen atoms in total. The summed E-state index contributed by atoms with van der Waals surface area (Å²) in [5.74, 6) is 0.635. The summed E-state index contributed by atoms with van der Waals surface area (Å²) in [7, 11) is 1.94. The Hall–Kier alpha value is -3.13. The van der Waals surface area contributed by atoms with Gasteiger partial charge in [0.05, 0.1) is 22.3 Å². The standard InChI is InChI=1S/C17H14N4O/c1-11-19-15-9-12(7-8-16(15)21(11)2)17(22)20-14-6-4-3-5-13(14)10-18/h3-9H,1-2H3,(H,20,22). The number of benzene rings is 2. The van der Waals surface area contributed by atoms with E-state index in [-0.39, 0.29) is 5.91 Å². The number of nitrogens with zero attached hydrogens (tertiary/aromatic N) is 3. The van der Waals surface area contributed by atoms with Crippen LogP contribution in [0.1, 0.15) is 21.7 Å². The van der Waals surface area contributed by atoms with Crippen LogP contribution >= 0.6 is 0 Å². The molecule has 3 aromatic rings. The average molecular weight is 290 g/mol. The molecule has 1 aromatic heterocycles. The van der Waals surface area contributed by atoms with Crippen LogP contribution < -0.4 is 5.32 Å². The van der Waals surface area contributed by atoms with Crippen molar-refractivity contribution in [1.29, 1.82) is 5.26 Å². The van der Waals surface area contributed by atoms with E-state index in [4.69, 9.17) is 5.26 Å². The van der Waals surface area contributed by atoms with Gasteiger partial charge in [0.15, 0.2) is 0 Å². The molecule has 0 unspecified atom stereocenters. The number of nitrogens with one attached hydrogen (secondary N) is 1. The van der Waals surface area contributed by atoms with Crippen molar-refractivity contribution in [2.75, 3.05) is 5.32 Å². The Morgan fingerprint density at radius 2 is 2.05 bits per heavy atom. The molecule has 0 saturated carbocycles. The number of aryl methyl sites for hydroxylation is 2. The van der Waals surface area contributed by atoms with E-state index in [1.807, 2.05) is 24.6 Å². The van der Waals surface area contributed by atoms with Crippen LogP contribution in [0.2, 0.25) is 0 Å². The maximum absolute atomic E-state index is 12.4.